The number of nitrogens with one attached hydrogen (secondary N) is 1. The molecule has 2 N–H and O–H groups in total. The zero-order valence-electron chi connectivity index (χ0n) is 11.8. The Morgan fingerprint density at radius 3 is 2.75 bits per heavy atom. The molecule has 1 aromatic carbocycles. The van der Waals surface area contributed by atoms with Gasteiger partial charge in [0.15, 0.2) is 11.5 Å². The summed E-state index contributed by atoms with van der Waals surface area (Å²) in [6, 6.07) is 6.55. The molecule has 1 aliphatic carbocycles. The van der Waals surface area contributed by atoms with E-state index in [1.165, 1.54) is 18.4 Å². The Hall–Kier alpha value is -1.26. The molecule has 0 aromatic heterocycles. The van der Waals surface area contributed by atoms with Crippen LogP contribution in [-0.4, -0.2) is 31.0 Å². The summed E-state index contributed by atoms with van der Waals surface area (Å²) in [6.07, 6.45) is 4.80. The molecule has 1 saturated carbocycles. The van der Waals surface area contributed by atoms with E-state index in [1.54, 1.807) is 0 Å². The number of ether oxygens (including phenoxy) is 2. The van der Waals surface area contributed by atoms with Crippen LogP contribution in [0.25, 0.3) is 0 Å². The van der Waals surface area contributed by atoms with Gasteiger partial charge in [-0.25, -0.2) is 0 Å². The van der Waals surface area contributed by atoms with Crippen molar-refractivity contribution in [3.8, 4) is 11.5 Å². The van der Waals surface area contributed by atoms with Crippen molar-refractivity contribution in [2.24, 2.45) is 5.92 Å². The number of hydrogen-bond acceptors (Lipinski definition) is 4. The topological polar surface area (TPSA) is 50.7 Å². The van der Waals surface area contributed by atoms with E-state index in [2.05, 4.69) is 17.4 Å². The molecule has 0 saturated heterocycles. The van der Waals surface area contributed by atoms with Crippen LogP contribution >= 0.6 is 0 Å². The first-order chi connectivity index (χ1) is 9.86. The Bertz CT molecular complexity index is 449. The normalized spacial score (nSPS) is 25.4. The summed E-state index contributed by atoms with van der Waals surface area (Å²) < 4.78 is 11.1. The van der Waals surface area contributed by atoms with Crippen molar-refractivity contribution in [3.05, 3.63) is 23.8 Å². The first-order valence-corrected chi connectivity index (χ1v) is 7.59. The molecule has 1 aliphatic heterocycles. The van der Waals surface area contributed by atoms with Gasteiger partial charge in [0.1, 0.15) is 13.2 Å². The molecule has 2 aliphatic rings. The first kappa shape index (κ1) is 13.7. The van der Waals surface area contributed by atoms with Crippen molar-refractivity contribution >= 4 is 0 Å². The maximum atomic E-state index is 9.44. The highest BCUT2D eigenvalue weighted by molar-refractivity contribution is 5.43. The summed E-state index contributed by atoms with van der Waals surface area (Å²) in [4.78, 5) is 0. The zero-order valence-corrected chi connectivity index (χ0v) is 11.8. The number of fused-ring (bicyclic) bond motifs is 1. The molecule has 0 amide bonds. The lowest BCUT2D eigenvalue weighted by molar-refractivity contribution is 0.152. The summed E-state index contributed by atoms with van der Waals surface area (Å²) in [5.74, 6) is 2.09. The second-order valence-electron chi connectivity index (χ2n) is 5.69. The molecule has 0 bridgehead atoms. The fourth-order valence-corrected chi connectivity index (χ4v) is 3.14. The van der Waals surface area contributed by atoms with Crippen LogP contribution in [-0.2, 0) is 6.54 Å². The average molecular weight is 277 g/mol. The van der Waals surface area contributed by atoms with Gasteiger partial charge in [0.2, 0.25) is 0 Å². The second-order valence-corrected chi connectivity index (χ2v) is 5.69. The van der Waals surface area contributed by atoms with E-state index in [-0.39, 0.29) is 0 Å². The molecule has 2 unspecified atom stereocenters. The molecule has 1 fully saturated rings. The van der Waals surface area contributed by atoms with E-state index in [0.29, 0.717) is 31.8 Å². The van der Waals surface area contributed by atoms with Crippen LogP contribution in [0.5, 0.6) is 11.5 Å². The standard InChI is InChI=1S/C16H23NO3/c18-11-13-3-1-2-4-14(13)17-10-12-5-6-15-16(9-12)20-8-7-19-15/h5-6,9,13-14,17-18H,1-4,7-8,10-11H2. The molecule has 110 valence electrons. The quantitative estimate of drug-likeness (QED) is 0.885. The third-order valence-electron chi connectivity index (χ3n) is 4.32. The minimum Gasteiger partial charge on any atom is -0.486 e. The summed E-state index contributed by atoms with van der Waals surface area (Å²) in [5.41, 5.74) is 1.21. The van der Waals surface area contributed by atoms with Gasteiger partial charge < -0.3 is 19.9 Å². The van der Waals surface area contributed by atoms with Gasteiger partial charge in [-0.05, 0) is 36.5 Å². The number of benzene rings is 1. The number of aliphatic hydroxyl groups excluding tert-OH is 1. The fraction of sp³-hybridized carbons (Fsp3) is 0.625. The van der Waals surface area contributed by atoms with Gasteiger partial charge in [0.25, 0.3) is 0 Å². The molecule has 0 radical (unpaired) electrons. The molecule has 20 heavy (non-hydrogen) atoms. The van der Waals surface area contributed by atoms with Gasteiger partial charge >= 0.3 is 0 Å². The molecule has 3 rings (SSSR count). The molecular formula is C16H23NO3. The van der Waals surface area contributed by atoms with Gasteiger partial charge in [-0.1, -0.05) is 18.9 Å². The van der Waals surface area contributed by atoms with Crippen LogP contribution < -0.4 is 14.8 Å². The largest absolute Gasteiger partial charge is 0.486 e. The number of rotatable bonds is 4. The van der Waals surface area contributed by atoms with E-state index < -0.39 is 0 Å². The third kappa shape index (κ3) is 3.07. The zero-order chi connectivity index (χ0) is 13.8. The van der Waals surface area contributed by atoms with Crippen molar-refractivity contribution in [2.45, 2.75) is 38.3 Å². The molecule has 4 nitrogen and oxygen atoms in total. The van der Waals surface area contributed by atoms with E-state index >= 15 is 0 Å². The molecule has 0 spiro atoms. The van der Waals surface area contributed by atoms with Crippen LogP contribution in [0.3, 0.4) is 0 Å². The Kier molecular flexibility index (Phi) is 4.43. The lowest BCUT2D eigenvalue weighted by atomic mass is 9.85. The highest BCUT2D eigenvalue weighted by Gasteiger charge is 2.23. The van der Waals surface area contributed by atoms with Crippen molar-refractivity contribution in [1.29, 1.82) is 0 Å². The lowest BCUT2D eigenvalue weighted by Crippen LogP contribution is -2.39. The maximum Gasteiger partial charge on any atom is 0.161 e. The Labute approximate surface area is 120 Å². The lowest BCUT2D eigenvalue weighted by Gasteiger charge is -2.31. The minimum absolute atomic E-state index is 0.290. The summed E-state index contributed by atoms with van der Waals surface area (Å²) in [6.45, 7) is 2.36. The van der Waals surface area contributed by atoms with Crippen LogP contribution in [0.2, 0.25) is 0 Å². The minimum atomic E-state index is 0.290. The summed E-state index contributed by atoms with van der Waals surface area (Å²) in [7, 11) is 0. The van der Waals surface area contributed by atoms with Crippen LogP contribution in [0, 0.1) is 5.92 Å². The number of aliphatic hydroxyl groups is 1. The molecule has 2 atom stereocenters. The van der Waals surface area contributed by atoms with Crippen molar-refractivity contribution in [2.75, 3.05) is 19.8 Å². The van der Waals surface area contributed by atoms with Crippen LogP contribution in [0.1, 0.15) is 31.2 Å². The second kappa shape index (κ2) is 6.46. The van der Waals surface area contributed by atoms with Gasteiger partial charge in [-0.2, -0.15) is 0 Å². The summed E-state index contributed by atoms with van der Waals surface area (Å²) in [5, 5.41) is 13.0. The third-order valence-corrected chi connectivity index (χ3v) is 4.32. The van der Waals surface area contributed by atoms with Crippen molar-refractivity contribution in [3.63, 3.8) is 0 Å². The Morgan fingerprint density at radius 2 is 1.90 bits per heavy atom. The van der Waals surface area contributed by atoms with E-state index in [1.807, 2.05) is 6.07 Å². The van der Waals surface area contributed by atoms with Gasteiger partial charge in [-0.15, -0.1) is 0 Å². The molecule has 4 heteroatoms. The number of hydrogen-bond donors (Lipinski definition) is 2. The average Bonchev–Trinajstić information content (AvgIpc) is 2.53. The highest BCUT2D eigenvalue weighted by atomic mass is 16.6. The maximum absolute atomic E-state index is 9.44. The van der Waals surface area contributed by atoms with Crippen molar-refractivity contribution < 1.29 is 14.6 Å². The van der Waals surface area contributed by atoms with E-state index in [9.17, 15) is 5.11 Å². The fourth-order valence-electron chi connectivity index (χ4n) is 3.14. The Morgan fingerprint density at radius 1 is 1.10 bits per heavy atom. The van der Waals surface area contributed by atoms with Gasteiger partial charge in [-0.3, -0.25) is 0 Å². The van der Waals surface area contributed by atoms with Gasteiger partial charge in [0.05, 0.1) is 0 Å². The highest BCUT2D eigenvalue weighted by Crippen LogP contribution is 2.31. The van der Waals surface area contributed by atoms with Crippen LogP contribution in [0.4, 0.5) is 0 Å². The van der Waals surface area contributed by atoms with Gasteiger partial charge in [0, 0.05) is 19.2 Å². The molecule has 1 aromatic rings. The van der Waals surface area contributed by atoms with Crippen molar-refractivity contribution in [1.82, 2.24) is 5.32 Å². The summed E-state index contributed by atoms with van der Waals surface area (Å²) >= 11 is 0. The molecular weight excluding hydrogens is 254 g/mol. The smallest absolute Gasteiger partial charge is 0.161 e. The molecule has 1 heterocycles. The van der Waals surface area contributed by atoms with Crippen LogP contribution in [0.15, 0.2) is 18.2 Å². The van der Waals surface area contributed by atoms with E-state index in [4.69, 9.17) is 9.47 Å². The first-order valence-electron chi connectivity index (χ1n) is 7.59. The SMILES string of the molecule is OCC1CCCCC1NCc1ccc2c(c1)OCCO2. The van der Waals surface area contributed by atoms with E-state index in [0.717, 1.165) is 30.9 Å². The monoisotopic (exact) mass is 277 g/mol. The predicted molar refractivity (Wildman–Crippen MR) is 77.1 cm³/mol. The predicted octanol–water partition coefficient (Wildman–Crippen LogP) is 2.10. The Balaban J connectivity index is 1.60.